The highest BCUT2D eigenvalue weighted by Crippen LogP contribution is 2.21. The number of amides is 1. The van der Waals surface area contributed by atoms with Crippen molar-refractivity contribution in [2.75, 3.05) is 6.26 Å². The number of rotatable bonds is 6. The Bertz CT molecular complexity index is 593. The van der Waals surface area contributed by atoms with Gasteiger partial charge in [0, 0.05) is 11.6 Å². The molecule has 0 aromatic heterocycles. The maximum Gasteiger partial charge on any atom is 0.257 e. The second kappa shape index (κ2) is 7.09. The van der Waals surface area contributed by atoms with Crippen molar-refractivity contribution in [3.63, 3.8) is 0 Å². The molecule has 1 unspecified atom stereocenters. The molecule has 6 heteroatoms. The standard InChI is InChI=1S/C14H19NO4S/c1-4-11(2)19-13-8-6-5-7-12(13)9-10-14(16)15-20(3,17)18/h5-11H,4H2,1-3H3,(H,15,16). The van der Waals surface area contributed by atoms with Gasteiger partial charge in [0.05, 0.1) is 12.4 Å². The maximum absolute atomic E-state index is 11.4. The maximum atomic E-state index is 11.4. The average Bonchev–Trinajstić information content (AvgIpc) is 2.35. The van der Waals surface area contributed by atoms with Gasteiger partial charge in [0.25, 0.3) is 5.91 Å². The number of benzene rings is 1. The monoisotopic (exact) mass is 297 g/mol. The van der Waals surface area contributed by atoms with Gasteiger partial charge in [-0.1, -0.05) is 25.1 Å². The fourth-order valence-corrected chi connectivity index (χ4v) is 1.84. The number of carbonyl (C=O) groups excluding carboxylic acids is 1. The summed E-state index contributed by atoms with van der Waals surface area (Å²) in [6, 6.07) is 7.26. The van der Waals surface area contributed by atoms with E-state index in [-0.39, 0.29) is 6.10 Å². The molecule has 0 aliphatic rings. The van der Waals surface area contributed by atoms with Crippen molar-refractivity contribution in [1.82, 2.24) is 4.72 Å². The van der Waals surface area contributed by atoms with Crippen molar-refractivity contribution < 1.29 is 17.9 Å². The van der Waals surface area contributed by atoms with Crippen LogP contribution in [0.4, 0.5) is 0 Å². The van der Waals surface area contributed by atoms with E-state index in [1.54, 1.807) is 12.1 Å². The quantitative estimate of drug-likeness (QED) is 0.815. The molecule has 0 bridgehead atoms. The third-order valence-corrected chi connectivity index (χ3v) is 3.09. The molecule has 0 radical (unpaired) electrons. The average molecular weight is 297 g/mol. The number of carbonyl (C=O) groups is 1. The van der Waals surface area contributed by atoms with Gasteiger partial charge in [-0.3, -0.25) is 4.79 Å². The number of ether oxygens (including phenoxy) is 1. The van der Waals surface area contributed by atoms with E-state index in [2.05, 4.69) is 0 Å². The van der Waals surface area contributed by atoms with Crippen LogP contribution < -0.4 is 9.46 Å². The van der Waals surface area contributed by atoms with Gasteiger partial charge in [-0.15, -0.1) is 0 Å². The molecule has 1 aromatic carbocycles. The minimum absolute atomic E-state index is 0.0643. The van der Waals surface area contributed by atoms with Gasteiger partial charge >= 0.3 is 0 Å². The zero-order chi connectivity index (χ0) is 15.2. The van der Waals surface area contributed by atoms with Gasteiger partial charge in [0.15, 0.2) is 0 Å². The second-order valence-electron chi connectivity index (χ2n) is 4.45. The molecule has 0 spiro atoms. The third kappa shape index (κ3) is 5.88. The van der Waals surface area contributed by atoms with Crippen molar-refractivity contribution in [3.05, 3.63) is 35.9 Å². The van der Waals surface area contributed by atoms with Crippen LogP contribution in [0.15, 0.2) is 30.3 Å². The Balaban J connectivity index is 2.84. The van der Waals surface area contributed by atoms with Gasteiger partial charge in [-0.2, -0.15) is 0 Å². The summed E-state index contributed by atoms with van der Waals surface area (Å²) in [5, 5.41) is 0. The highest BCUT2D eigenvalue weighted by atomic mass is 32.2. The van der Waals surface area contributed by atoms with Crippen LogP contribution in [0.3, 0.4) is 0 Å². The summed E-state index contributed by atoms with van der Waals surface area (Å²) >= 11 is 0. The largest absolute Gasteiger partial charge is 0.490 e. The predicted molar refractivity (Wildman–Crippen MR) is 78.8 cm³/mol. The van der Waals surface area contributed by atoms with E-state index in [4.69, 9.17) is 4.74 Å². The van der Waals surface area contributed by atoms with Gasteiger partial charge in [0.1, 0.15) is 5.75 Å². The van der Waals surface area contributed by atoms with Gasteiger partial charge in [-0.25, -0.2) is 13.1 Å². The molecule has 1 N–H and O–H groups in total. The van der Waals surface area contributed by atoms with Crippen molar-refractivity contribution in [3.8, 4) is 5.75 Å². The minimum Gasteiger partial charge on any atom is -0.490 e. The van der Waals surface area contributed by atoms with Crippen molar-refractivity contribution in [2.45, 2.75) is 26.4 Å². The van der Waals surface area contributed by atoms with Crippen LogP contribution >= 0.6 is 0 Å². The molecule has 0 fully saturated rings. The molecule has 0 aliphatic heterocycles. The zero-order valence-corrected chi connectivity index (χ0v) is 12.6. The topological polar surface area (TPSA) is 72.5 Å². The predicted octanol–water partition coefficient (Wildman–Crippen LogP) is 1.95. The SMILES string of the molecule is CCC(C)Oc1ccccc1C=CC(=O)NS(C)(=O)=O. The molecule has 0 saturated carbocycles. The first kappa shape index (κ1) is 16.2. The van der Waals surface area contributed by atoms with Crippen LogP contribution in [0.5, 0.6) is 5.75 Å². The van der Waals surface area contributed by atoms with E-state index in [1.807, 2.05) is 30.7 Å². The van der Waals surface area contributed by atoms with Crippen LogP contribution in [0, 0.1) is 0 Å². The molecule has 1 atom stereocenters. The normalized spacial score (nSPS) is 13.2. The molecule has 20 heavy (non-hydrogen) atoms. The Hall–Kier alpha value is -1.82. The van der Waals surface area contributed by atoms with Gasteiger partial charge < -0.3 is 4.74 Å². The van der Waals surface area contributed by atoms with E-state index in [0.717, 1.165) is 18.2 Å². The number of hydrogen-bond donors (Lipinski definition) is 1. The van der Waals surface area contributed by atoms with E-state index in [9.17, 15) is 13.2 Å². The van der Waals surface area contributed by atoms with E-state index < -0.39 is 15.9 Å². The van der Waals surface area contributed by atoms with Crippen LogP contribution in [0.25, 0.3) is 6.08 Å². The van der Waals surface area contributed by atoms with E-state index in [1.165, 1.54) is 12.2 Å². The van der Waals surface area contributed by atoms with E-state index in [0.29, 0.717) is 5.75 Å². The molecule has 0 heterocycles. The van der Waals surface area contributed by atoms with Crippen LogP contribution in [0.1, 0.15) is 25.8 Å². The van der Waals surface area contributed by atoms with Crippen molar-refractivity contribution in [2.24, 2.45) is 0 Å². The molecule has 1 amide bonds. The Kier molecular flexibility index (Phi) is 5.76. The number of para-hydroxylation sites is 1. The highest BCUT2D eigenvalue weighted by molar-refractivity contribution is 7.89. The molecule has 1 rings (SSSR count). The molecular weight excluding hydrogens is 278 g/mol. The molecule has 110 valence electrons. The van der Waals surface area contributed by atoms with Crippen LogP contribution in [-0.2, 0) is 14.8 Å². The van der Waals surface area contributed by atoms with Gasteiger partial charge in [-0.05, 0) is 25.5 Å². The summed E-state index contributed by atoms with van der Waals surface area (Å²) in [4.78, 5) is 11.4. The van der Waals surface area contributed by atoms with Crippen LogP contribution in [-0.4, -0.2) is 26.7 Å². The summed E-state index contributed by atoms with van der Waals surface area (Å²) in [5.74, 6) is -0.0314. The number of hydrogen-bond acceptors (Lipinski definition) is 4. The van der Waals surface area contributed by atoms with E-state index >= 15 is 0 Å². The lowest BCUT2D eigenvalue weighted by Gasteiger charge is -2.14. The van der Waals surface area contributed by atoms with Crippen molar-refractivity contribution in [1.29, 1.82) is 0 Å². The summed E-state index contributed by atoms with van der Waals surface area (Å²) in [6.45, 7) is 3.97. The Morgan fingerprint density at radius 1 is 1.40 bits per heavy atom. The van der Waals surface area contributed by atoms with Crippen LogP contribution in [0.2, 0.25) is 0 Å². The summed E-state index contributed by atoms with van der Waals surface area (Å²) in [5.41, 5.74) is 0.719. The van der Waals surface area contributed by atoms with Gasteiger partial charge in [0.2, 0.25) is 10.0 Å². The first-order chi connectivity index (χ1) is 9.31. The molecular formula is C14H19NO4S. The zero-order valence-electron chi connectivity index (χ0n) is 11.8. The Labute approximate surface area is 119 Å². The Morgan fingerprint density at radius 2 is 2.05 bits per heavy atom. The van der Waals surface area contributed by atoms with Crippen molar-refractivity contribution >= 4 is 22.0 Å². The molecule has 1 aromatic rings. The lowest BCUT2D eigenvalue weighted by atomic mass is 10.2. The smallest absolute Gasteiger partial charge is 0.257 e. The molecule has 0 aliphatic carbocycles. The lowest BCUT2D eigenvalue weighted by Crippen LogP contribution is -2.27. The number of nitrogens with one attached hydrogen (secondary N) is 1. The molecule has 0 saturated heterocycles. The first-order valence-corrected chi connectivity index (χ1v) is 8.16. The first-order valence-electron chi connectivity index (χ1n) is 6.27. The summed E-state index contributed by atoms with van der Waals surface area (Å²) in [7, 11) is -3.54. The Morgan fingerprint density at radius 3 is 2.65 bits per heavy atom. The summed E-state index contributed by atoms with van der Waals surface area (Å²) < 4.78 is 29.4. The lowest BCUT2D eigenvalue weighted by molar-refractivity contribution is -0.114. The fourth-order valence-electron chi connectivity index (χ4n) is 1.41. The minimum atomic E-state index is -3.54. The highest BCUT2D eigenvalue weighted by Gasteiger charge is 2.07. The fraction of sp³-hybridized carbons (Fsp3) is 0.357. The summed E-state index contributed by atoms with van der Waals surface area (Å²) in [6.07, 6.45) is 4.55. The number of sulfonamides is 1. The molecule has 5 nitrogen and oxygen atoms in total. The second-order valence-corrected chi connectivity index (χ2v) is 6.19. The third-order valence-electron chi connectivity index (χ3n) is 2.52.